The molecule has 1 atom stereocenters. The predicted molar refractivity (Wildman–Crippen MR) is 87.2 cm³/mol. The van der Waals surface area contributed by atoms with E-state index in [1.807, 2.05) is 0 Å². The lowest BCUT2D eigenvalue weighted by Gasteiger charge is -2.15. The predicted octanol–water partition coefficient (Wildman–Crippen LogP) is 2.84. The maximum Gasteiger partial charge on any atom is 0.328 e. The topological polar surface area (TPSA) is 79.4 Å². The molecule has 0 bridgehead atoms. The van der Waals surface area contributed by atoms with Crippen LogP contribution in [-0.4, -0.2) is 29.3 Å². The fraction of sp³-hybridized carbons (Fsp3) is 0.200. The van der Waals surface area contributed by atoms with E-state index in [4.69, 9.17) is 11.6 Å². The van der Waals surface area contributed by atoms with Crippen LogP contribution in [0.3, 0.4) is 0 Å². The normalized spacial score (nSPS) is 16.3. The van der Waals surface area contributed by atoms with Crippen molar-refractivity contribution in [2.45, 2.75) is 12.8 Å². The van der Waals surface area contributed by atoms with E-state index in [0.717, 1.165) is 4.90 Å². The van der Waals surface area contributed by atoms with Crippen LogP contribution >= 0.6 is 22.9 Å². The fourth-order valence-electron chi connectivity index (χ4n) is 2.45. The molecule has 8 heteroatoms. The quantitative estimate of drug-likeness (QED) is 0.525. The second-order valence-electron chi connectivity index (χ2n) is 4.82. The maximum atomic E-state index is 12.7. The number of hydrogen-bond acceptors (Lipinski definition) is 5. The van der Waals surface area contributed by atoms with Gasteiger partial charge in [0.05, 0.1) is 16.3 Å². The Labute approximate surface area is 141 Å². The number of thiophene rings is 1. The summed E-state index contributed by atoms with van der Waals surface area (Å²) in [5.74, 6) is -2.14. The molecule has 3 amide bonds. The number of ketones is 1. The van der Waals surface area contributed by atoms with Crippen molar-refractivity contribution in [3.8, 4) is 0 Å². The lowest BCUT2D eigenvalue weighted by Crippen LogP contribution is -2.43. The molecule has 2 aromatic rings. The van der Waals surface area contributed by atoms with Gasteiger partial charge in [0.15, 0.2) is 5.78 Å². The average Bonchev–Trinajstić information content (AvgIpc) is 3.12. The monoisotopic (exact) mass is 349 g/mol. The van der Waals surface area contributed by atoms with Crippen molar-refractivity contribution in [3.05, 3.63) is 45.4 Å². The molecule has 1 N–H and O–H groups in total. The van der Waals surface area contributed by atoms with Gasteiger partial charge in [0.25, 0.3) is 5.91 Å². The van der Waals surface area contributed by atoms with Gasteiger partial charge in [-0.3, -0.25) is 9.59 Å². The van der Waals surface area contributed by atoms with Crippen molar-refractivity contribution >= 4 is 46.3 Å². The highest BCUT2D eigenvalue weighted by molar-refractivity contribution is 7.12. The van der Waals surface area contributed by atoms with Crippen LogP contribution in [-0.2, 0) is 4.79 Å². The zero-order chi connectivity index (χ0) is 16.6. The molecule has 0 fully saturated rings. The number of rotatable bonds is 3. The van der Waals surface area contributed by atoms with Crippen LogP contribution in [0.2, 0.25) is 5.15 Å². The van der Waals surface area contributed by atoms with E-state index in [9.17, 15) is 14.4 Å². The maximum absolute atomic E-state index is 12.7. The second kappa shape index (κ2) is 6.10. The summed E-state index contributed by atoms with van der Waals surface area (Å²) < 4.78 is 0. The second-order valence-corrected chi connectivity index (χ2v) is 6.16. The number of amides is 3. The van der Waals surface area contributed by atoms with E-state index >= 15 is 0 Å². The van der Waals surface area contributed by atoms with Crippen LogP contribution in [0.4, 0.5) is 10.5 Å². The summed E-state index contributed by atoms with van der Waals surface area (Å²) in [7, 11) is 0. The summed E-state index contributed by atoms with van der Waals surface area (Å²) in [5.41, 5.74) is 0.507. The number of fused-ring (bicyclic) bond motifs is 1. The molecule has 2 aromatic heterocycles. The van der Waals surface area contributed by atoms with Crippen molar-refractivity contribution in [1.29, 1.82) is 0 Å². The number of aromatic nitrogens is 1. The number of imide groups is 1. The van der Waals surface area contributed by atoms with Crippen LogP contribution < -0.4 is 10.2 Å². The first-order chi connectivity index (χ1) is 11.0. The smallest absolute Gasteiger partial charge is 0.328 e. The largest absolute Gasteiger partial charge is 0.338 e. The summed E-state index contributed by atoms with van der Waals surface area (Å²) in [4.78, 5) is 43.1. The molecular weight excluding hydrogens is 338 g/mol. The van der Waals surface area contributed by atoms with Gasteiger partial charge < -0.3 is 5.32 Å². The Morgan fingerprint density at radius 3 is 2.83 bits per heavy atom. The molecule has 3 heterocycles. The van der Waals surface area contributed by atoms with Crippen LogP contribution in [0.15, 0.2) is 29.6 Å². The minimum absolute atomic E-state index is 0.165. The SMILES string of the molecule is CCNC(=O)N1C(=O)C(C(=O)c2cccs2)c2nc(Cl)ccc21. The molecule has 1 aliphatic rings. The van der Waals surface area contributed by atoms with Gasteiger partial charge in [-0.15, -0.1) is 11.3 Å². The fourth-order valence-corrected chi connectivity index (χ4v) is 3.30. The number of hydrogen-bond donors (Lipinski definition) is 1. The molecule has 118 valence electrons. The molecule has 23 heavy (non-hydrogen) atoms. The first-order valence-electron chi connectivity index (χ1n) is 6.90. The van der Waals surface area contributed by atoms with Crippen LogP contribution in [0.25, 0.3) is 0 Å². The third-order valence-electron chi connectivity index (χ3n) is 3.41. The van der Waals surface area contributed by atoms with Gasteiger partial charge >= 0.3 is 6.03 Å². The number of nitrogens with zero attached hydrogens (tertiary/aromatic N) is 2. The van der Waals surface area contributed by atoms with Crippen molar-refractivity contribution in [2.24, 2.45) is 0 Å². The Hall–Kier alpha value is -2.25. The van der Waals surface area contributed by atoms with Crippen LogP contribution in [0.1, 0.15) is 28.2 Å². The Kier molecular flexibility index (Phi) is 4.14. The minimum atomic E-state index is -1.15. The Balaban J connectivity index is 2.08. The van der Waals surface area contributed by atoms with E-state index in [-0.39, 0.29) is 16.6 Å². The lowest BCUT2D eigenvalue weighted by atomic mass is 10.00. The first-order valence-corrected chi connectivity index (χ1v) is 8.16. The van der Waals surface area contributed by atoms with Crippen molar-refractivity contribution < 1.29 is 14.4 Å². The summed E-state index contributed by atoms with van der Waals surface area (Å²) in [6.45, 7) is 2.11. The third kappa shape index (κ3) is 2.62. The molecule has 0 aromatic carbocycles. The third-order valence-corrected chi connectivity index (χ3v) is 4.50. The molecule has 3 rings (SSSR count). The molecule has 1 aliphatic heterocycles. The zero-order valence-electron chi connectivity index (χ0n) is 12.1. The minimum Gasteiger partial charge on any atom is -0.338 e. The number of pyridine rings is 1. The number of carbonyl (C=O) groups excluding carboxylic acids is 3. The summed E-state index contributed by atoms with van der Waals surface area (Å²) in [5, 5.41) is 4.48. The lowest BCUT2D eigenvalue weighted by molar-refractivity contribution is -0.117. The zero-order valence-corrected chi connectivity index (χ0v) is 13.6. The van der Waals surface area contributed by atoms with E-state index in [2.05, 4.69) is 10.3 Å². The highest BCUT2D eigenvalue weighted by Crippen LogP contribution is 2.39. The molecule has 6 nitrogen and oxygen atoms in total. The standard InChI is InChI=1S/C15H12ClN3O3S/c1-2-17-15(22)19-8-5-6-10(16)18-12(8)11(14(19)21)13(20)9-4-3-7-23-9/h3-7,11H,2H2,1H3,(H,17,22). The van der Waals surface area contributed by atoms with Crippen LogP contribution in [0, 0.1) is 0 Å². The number of carbonyl (C=O) groups is 3. The van der Waals surface area contributed by atoms with Crippen molar-refractivity contribution in [3.63, 3.8) is 0 Å². The van der Waals surface area contributed by atoms with Gasteiger partial charge in [0, 0.05) is 6.54 Å². The highest BCUT2D eigenvalue weighted by atomic mass is 35.5. The molecule has 0 radical (unpaired) electrons. The van der Waals surface area contributed by atoms with Crippen LogP contribution in [0.5, 0.6) is 0 Å². The van der Waals surface area contributed by atoms with Gasteiger partial charge in [0.1, 0.15) is 11.1 Å². The van der Waals surface area contributed by atoms with E-state index in [0.29, 0.717) is 17.1 Å². The Morgan fingerprint density at radius 1 is 1.39 bits per heavy atom. The summed E-state index contributed by atoms with van der Waals surface area (Å²) in [6.07, 6.45) is 0. The molecule has 0 spiro atoms. The molecule has 0 saturated heterocycles. The molecule has 0 saturated carbocycles. The first kappa shape index (κ1) is 15.6. The Bertz CT molecular complexity index is 791. The average molecular weight is 350 g/mol. The summed E-state index contributed by atoms with van der Waals surface area (Å²) >= 11 is 7.14. The summed E-state index contributed by atoms with van der Waals surface area (Å²) in [6, 6.07) is 5.80. The van der Waals surface area contributed by atoms with E-state index < -0.39 is 17.9 Å². The van der Waals surface area contributed by atoms with Crippen molar-refractivity contribution in [2.75, 3.05) is 11.4 Å². The molecule has 0 aliphatic carbocycles. The van der Waals surface area contributed by atoms with Gasteiger partial charge in [-0.05, 0) is 30.5 Å². The number of halogens is 1. The van der Waals surface area contributed by atoms with Gasteiger partial charge in [-0.2, -0.15) is 0 Å². The number of nitrogens with one attached hydrogen (secondary N) is 1. The van der Waals surface area contributed by atoms with Crippen molar-refractivity contribution in [1.82, 2.24) is 10.3 Å². The number of anilines is 1. The van der Waals surface area contributed by atoms with E-state index in [1.165, 1.54) is 23.5 Å². The Morgan fingerprint density at radius 2 is 2.17 bits per heavy atom. The molecular formula is C15H12ClN3O3S. The van der Waals surface area contributed by atoms with Gasteiger partial charge in [-0.25, -0.2) is 14.7 Å². The van der Waals surface area contributed by atoms with Gasteiger partial charge in [0.2, 0.25) is 0 Å². The number of urea groups is 1. The number of Topliss-reactive ketones (excluding diaryl/α,β-unsaturated/α-hetero) is 1. The van der Waals surface area contributed by atoms with E-state index in [1.54, 1.807) is 24.4 Å². The van der Waals surface area contributed by atoms with Gasteiger partial charge in [-0.1, -0.05) is 17.7 Å². The highest BCUT2D eigenvalue weighted by Gasteiger charge is 2.46. The molecule has 1 unspecified atom stereocenters.